The molecule has 1 aliphatic heterocycles. The van der Waals surface area contributed by atoms with Crippen molar-refractivity contribution in [2.24, 2.45) is 0 Å². The number of rotatable bonds is 4. The van der Waals surface area contributed by atoms with Gasteiger partial charge in [-0.3, -0.25) is 0 Å². The lowest BCUT2D eigenvalue weighted by Gasteiger charge is -2.27. The Bertz CT molecular complexity index is 990. The molecule has 1 aliphatic rings. The Morgan fingerprint density at radius 1 is 0.893 bits per heavy atom. The molecule has 2 unspecified atom stereocenters. The van der Waals surface area contributed by atoms with Crippen molar-refractivity contribution in [3.63, 3.8) is 0 Å². The molecule has 6 nitrogen and oxygen atoms in total. The summed E-state index contributed by atoms with van der Waals surface area (Å²) in [5, 5.41) is 31.0. The number of para-hydroxylation sites is 1. The van der Waals surface area contributed by atoms with Gasteiger partial charge in [-0.1, -0.05) is 48.5 Å². The summed E-state index contributed by atoms with van der Waals surface area (Å²) in [5.74, 6) is -0.764. The van der Waals surface area contributed by atoms with Crippen LogP contribution in [0.25, 0.3) is 0 Å². The van der Waals surface area contributed by atoms with Crippen molar-refractivity contribution < 1.29 is 24.9 Å². The number of hydrogen-bond donors (Lipinski definition) is 3. The average Bonchev–Trinajstić information content (AvgIpc) is 2.97. The molecule has 0 amide bonds. The third-order valence-corrected chi connectivity index (χ3v) is 4.78. The van der Waals surface area contributed by atoms with E-state index >= 15 is 0 Å². The summed E-state index contributed by atoms with van der Waals surface area (Å²) in [6, 6.07) is 20.4. The van der Waals surface area contributed by atoms with Crippen LogP contribution in [0.3, 0.4) is 0 Å². The number of fused-ring (bicyclic) bond motifs is 1. The minimum Gasteiger partial charge on any atom is -0.507 e. The van der Waals surface area contributed by atoms with E-state index in [4.69, 9.17) is 4.74 Å². The molecule has 6 heteroatoms. The van der Waals surface area contributed by atoms with Crippen molar-refractivity contribution in [3.05, 3.63) is 95.1 Å². The van der Waals surface area contributed by atoms with Gasteiger partial charge < -0.3 is 25.0 Å². The van der Waals surface area contributed by atoms with Crippen molar-refractivity contribution >= 4 is 11.7 Å². The van der Waals surface area contributed by atoms with Crippen LogP contribution in [-0.4, -0.2) is 21.3 Å². The highest BCUT2D eigenvalue weighted by Crippen LogP contribution is 2.42. The Hall–Kier alpha value is -3.35. The summed E-state index contributed by atoms with van der Waals surface area (Å²) in [7, 11) is 0. The zero-order valence-corrected chi connectivity index (χ0v) is 14.9. The molecule has 2 atom stereocenters. The number of phenolic OH excluding ortho intramolecular Hbond substituents is 1. The zero-order chi connectivity index (χ0) is 19.7. The molecule has 0 saturated carbocycles. The predicted molar refractivity (Wildman–Crippen MR) is 103 cm³/mol. The van der Waals surface area contributed by atoms with Gasteiger partial charge in [0.1, 0.15) is 17.9 Å². The molecule has 3 aromatic carbocycles. The monoisotopic (exact) mass is 377 g/mol. The van der Waals surface area contributed by atoms with E-state index in [0.717, 1.165) is 0 Å². The van der Waals surface area contributed by atoms with E-state index in [2.05, 4.69) is 0 Å². The number of carbonyl (C=O) groups is 1. The van der Waals surface area contributed by atoms with Crippen LogP contribution in [0.4, 0.5) is 5.69 Å². The van der Waals surface area contributed by atoms with Crippen molar-refractivity contribution in [3.8, 4) is 5.75 Å². The van der Waals surface area contributed by atoms with Gasteiger partial charge in [0.05, 0.1) is 0 Å². The number of benzene rings is 3. The van der Waals surface area contributed by atoms with Crippen LogP contribution in [0.5, 0.6) is 5.75 Å². The van der Waals surface area contributed by atoms with Crippen LogP contribution in [0.2, 0.25) is 0 Å². The first-order chi connectivity index (χ1) is 13.6. The highest BCUT2D eigenvalue weighted by molar-refractivity contribution is 5.92. The van der Waals surface area contributed by atoms with Gasteiger partial charge in [-0.2, -0.15) is 0 Å². The van der Waals surface area contributed by atoms with E-state index in [9.17, 15) is 20.1 Å². The van der Waals surface area contributed by atoms with E-state index in [-0.39, 0.29) is 17.9 Å². The molecule has 0 aliphatic carbocycles. The summed E-state index contributed by atoms with van der Waals surface area (Å²) in [4.78, 5) is 13.7. The molecule has 0 bridgehead atoms. The van der Waals surface area contributed by atoms with Gasteiger partial charge in [-0.15, -0.1) is 0 Å². The van der Waals surface area contributed by atoms with Crippen LogP contribution in [0.15, 0.2) is 72.8 Å². The summed E-state index contributed by atoms with van der Waals surface area (Å²) in [6.45, 7) is -0.00597. The minimum atomic E-state index is -0.967. The standard InChI is InChI=1S/C22H19NO5/c24-19-11-4-3-10-18(19)22(27)28-13-14-6-5-7-15(12-14)23-20(25)16-8-1-2-9-17(16)21(23)26/h1-12,20-21,24-26H,13H2. The highest BCUT2D eigenvalue weighted by atomic mass is 16.5. The predicted octanol–water partition coefficient (Wildman–Crippen LogP) is 3.25. The molecule has 0 aromatic heterocycles. The van der Waals surface area contributed by atoms with Gasteiger partial charge in [0.15, 0.2) is 12.5 Å². The topological polar surface area (TPSA) is 90.2 Å². The number of aliphatic hydroxyl groups is 2. The lowest BCUT2D eigenvalue weighted by Crippen LogP contribution is -2.25. The quantitative estimate of drug-likeness (QED) is 0.605. The van der Waals surface area contributed by atoms with E-state index in [1.165, 1.54) is 17.0 Å². The van der Waals surface area contributed by atoms with Gasteiger partial charge in [0.25, 0.3) is 0 Å². The first kappa shape index (κ1) is 18.0. The normalized spacial score (nSPS) is 18.0. The van der Waals surface area contributed by atoms with Crippen LogP contribution in [0, 0.1) is 0 Å². The molecule has 0 saturated heterocycles. The van der Waals surface area contributed by atoms with Crippen LogP contribution in [0.1, 0.15) is 39.5 Å². The molecule has 142 valence electrons. The lowest BCUT2D eigenvalue weighted by molar-refractivity contribution is 0.0469. The van der Waals surface area contributed by atoms with Crippen molar-refractivity contribution in [1.82, 2.24) is 0 Å². The first-order valence-electron chi connectivity index (χ1n) is 8.83. The number of nitrogens with zero attached hydrogens (tertiary/aromatic N) is 1. The van der Waals surface area contributed by atoms with E-state index in [1.54, 1.807) is 48.5 Å². The molecular weight excluding hydrogens is 358 g/mol. The van der Waals surface area contributed by atoms with Crippen molar-refractivity contribution in [2.75, 3.05) is 4.90 Å². The fourth-order valence-corrected chi connectivity index (χ4v) is 3.38. The second-order valence-corrected chi connectivity index (χ2v) is 6.55. The largest absolute Gasteiger partial charge is 0.507 e. The number of hydrogen-bond acceptors (Lipinski definition) is 6. The number of ether oxygens (including phenoxy) is 1. The lowest BCUT2D eigenvalue weighted by atomic mass is 10.1. The van der Waals surface area contributed by atoms with E-state index in [1.807, 2.05) is 12.1 Å². The second kappa shape index (κ2) is 7.34. The minimum absolute atomic E-state index is 0.00597. The van der Waals surface area contributed by atoms with Crippen molar-refractivity contribution in [1.29, 1.82) is 0 Å². The molecule has 28 heavy (non-hydrogen) atoms. The van der Waals surface area contributed by atoms with Gasteiger partial charge in [0, 0.05) is 16.8 Å². The number of esters is 1. The smallest absolute Gasteiger partial charge is 0.342 e. The number of carbonyl (C=O) groups excluding carboxylic acids is 1. The van der Waals surface area contributed by atoms with Crippen molar-refractivity contribution in [2.45, 2.75) is 19.1 Å². The van der Waals surface area contributed by atoms with Gasteiger partial charge in [0.2, 0.25) is 0 Å². The summed E-state index contributed by atoms with van der Waals surface area (Å²) < 4.78 is 5.29. The van der Waals surface area contributed by atoms with Crippen LogP contribution < -0.4 is 4.90 Å². The third-order valence-electron chi connectivity index (χ3n) is 4.78. The maximum Gasteiger partial charge on any atom is 0.342 e. The van der Waals surface area contributed by atoms with Gasteiger partial charge in [-0.05, 0) is 29.8 Å². The summed E-state index contributed by atoms with van der Waals surface area (Å²) in [6.07, 6.45) is -1.93. The third kappa shape index (κ3) is 3.19. The van der Waals surface area contributed by atoms with E-state index < -0.39 is 18.4 Å². The molecular formula is C22H19NO5. The molecule has 1 heterocycles. The number of anilines is 1. The maximum atomic E-state index is 12.2. The molecule has 3 N–H and O–H groups in total. The maximum absolute atomic E-state index is 12.2. The van der Waals surface area contributed by atoms with E-state index in [0.29, 0.717) is 22.4 Å². The Balaban J connectivity index is 1.51. The van der Waals surface area contributed by atoms with Gasteiger partial charge >= 0.3 is 5.97 Å². The Kier molecular flexibility index (Phi) is 4.73. The fraction of sp³-hybridized carbons (Fsp3) is 0.136. The average molecular weight is 377 g/mol. The summed E-state index contributed by atoms with van der Waals surface area (Å²) in [5.41, 5.74) is 2.71. The zero-order valence-electron chi connectivity index (χ0n) is 14.9. The number of phenols is 1. The summed E-state index contributed by atoms with van der Waals surface area (Å²) >= 11 is 0. The molecule has 0 radical (unpaired) electrons. The Morgan fingerprint density at radius 2 is 1.54 bits per heavy atom. The molecule has 3 aromatic rings. The van der Waals surface area contributed by atoms with Gasteiger partial charge in [-0.25, -0.2) is 4.79 Å². The number of aromatic hydroxyl groups is 1. The first-order valence-corrected chi connectivity index (χ1v) is 8.83. The highest BCUT2D eigenvalue weighted by Gasteiger charge is 2.36. The molecule has 4 rings (SSSR count). The molecule has 0 fully saturated rings. The SMILES string of the molecule is O=C(OCc1cccc(N2C(O)c3ccccc3C2O)c1)c1ccccc1O. The Labute approximate surface area is 161 Å². The van der Waals surface area contributed by atoms with Crippen LogP contribution in [-0.2, 0) is 11.3 Å². The fourth-order valence-electron chi connectivity index (χ4n) is 3.38. The second-order valence-electron chi connectivity index (χ2n) is 6.55. The Morgan fingerprint density at radius 3 is 2.21 bits per heavy atom. The van der Waals surface area contributed by atoms with Crippen LogP contribution >= 0.6 is 0 Å². The number of aliphatic hydroxyl groups excluding tert-OH is 2. The molecule has 0 spiro atoms.